The summed E-state index contributed by atoms with van der Waals surface area (Å²) in [5, 5.41) is 11.0. The molecule has 2 rings (SSSR count). The third-order valence-corrected chi connectivity index (χ3v) is 2.02. The molecule has 3 heteroatoms. The number of hydrogen-bond donors (Lipinski definition) is 0. The van der Waals surface area contributed by atoms with Crippen LogP contribution in [0.4, 0.5) is 0 Å². The maximum Gasteiger partial charge on any atom is 1.00 e. The van der Waals surface area contributed by atoms with Crippen molar-refractivity contribution in [2.75, 3.05) is 0 Å². The van der Waals surface area contributed by atoms with Crippen LogP contribution in [-0.4, -0.2) is 6.10 Å². The minimum atomic E-state index is -0.213. The van der Waals surface area contributed by atoms with Crippen molar-refractivity contribution in [2.45, 2.75) is 25.4 Å². The topological polar surface area (TPSA) is 23.1 Å². The molecule has 0 amide bonds. The summed E-state index contributed by atoms with van der Waals surface area (Å²) < 4.78 is 0. The number of rotatable bonds is 2. The van der Waals surface area contributed by atoms with Gasteiger partial charge in [-0.1, -0.05) is 18.8 Å². The zero-order valence-corrected chi connectivity index (χ0v) is 6.84. The summed E-state index contributed by atoms with van der Waals surface area (Å²) in [5.41, 5.74) is 0. The van der Waals surface area contributed by atoms with Gasteiger partial charge in [0.1, 0.15) is 0 Å². The Labute approximate surface area is 86.3 Å². The monoisotopic (exact) mass is 124 g/mol. The van der Waals surface area contributed by atoms with Crippen LogP contribution in [0.2, 0.25) is 0 Å². The van der Waals surface area contributed by atoms with E-state index < -0.39 is 0 Å². The van der Waals surface area contributed by atoms with E-state index in [4.69, 9.17) is 0 Å². The zero-order valence-electron chi connectivity index (χ0n) is 6.84. The predicted octanol–water partition coefficient (Wildman–Crippen LogP) is -5.64. The van der Waals surface area contributed by atoms with Gasteiger partial charge in [-0.15, -0.1) is 0 Å². The van der Waals surface area contributed by atoms with E-state index in [0.717, 1.165) is 6.42 Å². The van der Waals surface area contributed by atoms with Crippen LogP contribution < -0.4 is 42.8 Å². The summed E-state index contributed by atoms with van der Waals surface area (Å²) in [4.78, 5) is 0. The Morgan fingerprint density at radius 1 is 1.30 bits per heavy atom. The van der Waals surface area contributed by atoms with E-state index in [1.807, 2.05) is 0 Å². The maximum atomic E-state index is 11.0. The fourth-order valence-electron chi connectivity index (χ4n) is 1.12. The first-order valence-corrected chi connectivity index (χ1v) is 3.37. The van der Waals surface area contributed by atoms with Crippen LogP contribution in [0.1, 0.15) is 19.3 Å². The second-order valence-corrected chi connectivity index (χ2v) is 2.94. The fourth-order valence-corrected chi connectivity index (χ4v) is 1.12. The minimum Gasteiger partial charge on any atom is -0.853 e. The molecule has 2 aliphatic rings. The molecule has 0 radical (unpaired) electrons. The van der Waals surface area contributed by atoms with E-state index in [1.54, 1.807) is 0 Å². The summed E-state index contributed by atoms with van der Waals surface area (Å²) in [6, 6.07) is 0. The fraction of sp³-hybridized carbons (Fsp3) is 0.857. The third kappa shape index (κ3) is 2.65. The summed E-state index contributed by atoms with van der Waals surface area (Å²) in [5.74, 6) is 1.04. The van der Waals surface area contributed by atoms with Gasteiger partial charge in [0.25, 0.3) is 0 Å². The smallest absolute Gasteiger partial charge is 0.853 e. The first kappa shape index (κ1) is 11.2. The predicted molar refractivity (Wildman–Crippen MR) is 28.9 cm³/mol. The summed E-state index contributed by atoms with van der Waals surface area (Å²) in [6.07, 6.45) is 5.44. The molecule has 46 valence electrons. The van der Waals surface area contributed by atoms with Crippen LogP contribution in [0.25, 0.3) is 0 Å². The minimum absolute atomic E-state index is 0. The summed E-state index contributed by atoms with van der Waals surface area (Å²) >= 11 is 0. The molecule has 0 bridgehead atoms. The van der Waals surface area contributed by atoms with Crippen molar-refractivity contribution in [3.05, 3.63) is 6.42 Å². The van der Waals surface area contributed by atoms with Crippen molar-refractivity contribution >= 4 is 0 Å². The largest absolute Gasteiger partial charge is 1.00 e. The van der Waals surface area contributed by atoms with Gasteiger partial charge >= 0.3 is 37.7 Å². The Morgan fingerprint density at radius 2 is 1.80 bits per heavy atom. The quantitative estimate of drug-likeness (QED) is 0.266. The van der Waals surface area contributed by atoms with Crippen LogP contribution in [0.15, 0.2) is 0 Å². The van der Waals surface area contributed by atoms with Crippen LogP contribution in [0.3, 0.4) is 0 Å². The first-order chi connectivity index (χ1) is 3.88. The average Bonchev–Trinajstić information content (AvgIpc) is 2.63. The molecule has 2 aliphatic carbocycles. The molecule has 2 atom stereocenters. The van der Waals surface area contributed by atoms with E-state index in [0.29, 0.717) is 11.8 Å². The Bertz CT molecular complexity index is 87.8. The van der Waals surface area contributed by atoms with Crippen LogP contribution in [0.5, 0.6) is 0 Å². The molecule has 0 aromatic rings. The molecule has 0 aromatic carbocycles. The molecular formula is C7H10Li2O. The van der Waals surface area contributed by atoms with Gasteiger partial charge in [0.2, 0.25) is 0 Å². The SMILES string of the molecule is [Li+].[Li+].[O-]C(C1CC1)[C@@H]1[CH-]C1. The molecule has 0 N–H and O–H groups in total. The van der Waals surface area contributed by atoms with Gasteiger partial charge in [-0.3, -0.25) is 0 Å². The Balaban J connectivity index is 0.000000405. The van der Waals surface area contributed by atoms with Gasteiger partial charge in [0, 0.05) is 0 Å². The second-order valence-electron chi connectivity index (χ2n) is 2.94. The van der Waals surface area contributed by atoms with E-state index in [2.05, 4.69) is 6.42 Å². The van der Waals surface area contributed by atoms with Gasteiger partial charge in [-0.05, 0) is 0 Å². The van der Waals surface area contributed by atoms with Crippen molar-refractivity contribution in [2.24, 2.45) is 11.8 Å². The third-order valence-electron chi connectivity index (χ3n) is 2.02. The average molecular weight is 124 g/mol. The van der Waals surface area contributed by atoms with Gasteiger partial charge in [-0.25, -0.2) is 12.3 Å². The van der Waals surface area contributed by atoms with Gasteiger partial charge < -0.3 is 11.5 Å². The summed E-state index contributed by atoms with van der Waals surface area (Å²) in [6.45, 7) is 0. The molecule has 10 heavy (non-hydrogen) atoms. The van der Waals surface area contributed by atoms with E-state index in [1.165, 1.54) is 12.8 Å². The van der Waals surface area contributed by atoms with Crippen molar-refractivity contribution in [1.29, 1.82) is 0 Å². The van der Waals surface area contributed by atoms with E-state index in [-0.39, 0.29) is 43.8 Å². The van der Waals surface area contributed by atoms with E-state index in [9.17, 15) is 5.11 Å². The Hall–Kier alpha value is 1.15. The first-order valence-electron chi connectivity index (χ1n) is 3.37. The molecular weight excluding hydrogens is 114 g/mol. The molecule has 1 nitrogen and oxygen atoms in total. The van der Waals surface area contributed by atoms with Gasteiger partial charge in [-0.2, -0.15) is 6.10 Å². The van der Waals surface area contributed by atoms with Gasteiger partial charge in [0.05, 0.1) is 0 Å². The Morgan fingerprint density at radius 3 is 2.10 bits per heavy atom. The van der Waals surface area contributed by atoms with Crippen LogP contribution in [0, 0.1) is 18.3 Å². The van der Waals surface area contributed by atoms with Crippen molar-refractivity contribution in [3.63, 3.8) is 0 Å². The number of hydrogen-bond acceptors (Lipinski definition) is 1. The zero-order chi connectivity index (χ0) is 5.56. The normalized spacial score (nSPS) is 31.5. The summed E-state index contributed by atoms with van der Waals surface area (Å²) in [7, 11) is 0. The molecule has 1 unspecified atom stereocenters. The molecule has 0 aliphatic heterocycles. The molecule has 0 spiro atoms. The van der Waals surface area contributed by atoms with Crippen LogP contribution in [-0.2, 0) is 0 Å². The van der Waals surface area contributed by atoms with Crippen molar-refractivity contribution in [1.82, 2.24) is 0 Å². The standard InChI is InChI=1S/C7H10O.2Li/c8-7(5-1-2-5)6-3-4-6;;/h1,5-7H,2-4H2;;/q-2;2*+1/t5-,7?;;/m1../s1. The van der Waals surface area contributed by atoms with Gasteiger partial charge in [0.15, 0.2) is 0 Å². The van der Waals surface area contributed by atoms with Crippen LogP contribution >= 0.6 is 0 Å². The second kappa shape index (κ2) is 4.25. The Kier molecular flexibility index (Phi) is 4.74. The van der Waals surface area contributed by atoms with E-state index >= 15 is 0 Å². The molecule has 0 heterocycles. The molecule has 0 aromatic heterocycles. The van der Waals surface area contributed by atoms with Crippen molar-refractivity contribution in [3.8, 4) is 0 Å². The molecule has 2 saturated carbocycles. The molecule has 2 fully saturated rings. The molecule has 0 saturated heterocycles. The maximum absolute atomic E-state index is 11.0. The van der Waals surface area contributed by atoms with Crippen molar-refractivity contribution < 1.29 is 42.8 Å².